The molecular weight excluding hydrogens is 285 g/mol. The largest absolute Gasteiger partial charge is 0.351 e. The van der Waals surface area contributed by atoms with Gasteiger partial charge in [-0.1, -0.05) is 35.0 Å². The lowest BCUT2D eigenvalue weighted by molar-refractivity contribution is -0.120. The second kappa shape index (κ2) is 6.15. The zero-order valence-corrected chi connectivity index (χ0v) is 11.9. The molecule has 0 aromatic heterocycles. The minimum Gasteiger partial charge on any atom is -0.351 e. The summed E-state index contributed by atoms with van der Waals surface area (Å²) in [5.41, 5.74) is 2.14. The molecule has 0 aliphatic heterocycles. The van der Waals surface area contributed by atoms with E-state index < -0.39 is 0 Å². The molecule has 2 nitrogen and oxygen atoms in total. The Morgan fingerprint density at radius 1 is 1.41 bits per heavy atom. The molecule has 0 spiro atoms. The van der Waals surface area contributed by atoms with E-state index in [1.54, 1.807) is 26.0 Å². The molecule has 1 aromatic carbocycles. The minimum absolute atomic E-state index is 0.0351. The van der Waals surface area contributed by atoms with E-state index in [0.29, 0.717) is 17.7 Å². The molecule has 0 aliphatic rings. The van der Waals surface area contributed by atoms with Crippen molar-refractivity contribution in [2.45, 2.75) is 38.6 Å². The quantitative estimate of drug-likeness (QED) is 0.850. The highest BCUT2D eigenvalue weighted by Crippen LogP contribution is 2.14. The zero-order valence-electron chi connectivity index (χ0n) is 10.3. The second-order valence-corrected chi connectivity index (χ2v) is 5.24. The molecule has 0 fully saturated rings. The van der Waals surface area contributed by atoms with Crippen molar-refractivity contribution < 1.29 is 9.18 Å². The Labute approximate surface area is 110 Å². The minimum atomic E-state index is -0.174. The van der Waals surface area contributed by atoms with Crippen LogP contribution in [0.25, 0.3) is 0 Å². The van der Waals surface area contributed by atoms with Crippen molar-refractivity contribution in [1.29, 1.82) is 0 Å². The summed E-state index contributed by atoms with van der Waals surface area (Å²) in [4.78, 5) is 11.4. The zero-order chi connectivity index (χ0) is 13.0. The lowest BCUT2D eigenvalue weighted by atomic mass is 10.1. The molecule has 0 aliphatic carbocycles. The van der Waals surface area contributed by atoms with Crippen molar-refractivity contribution in [2.24, 2.45) is 0 Å². The van der Waals surface area contributed by atoms with Gasteiger partial charge in [-0.05, 0) is 37.0 Å². The van der Waals surface area contributed by atoms with E-state index in [0.717, 1.165) is 12.0 Å². The molecule has 1 amide bonds. The van der Waals surface area contributed by atoms with Crippen LogP contribution in [0.1, 0.15) is 30.0 Å². The Morgan fingerprint density at radius 3 is 2.41 bits per heavy atom. The van der Waals surface area contributed by atoms with Gasteiger partial charge in [0.05, 0.1) is 4.83 Å². The third-order valence-corrected chi connectivity index (χ3v) is 3.67. The summed E-state index contributed by atoms with van der Waals surface area (Å²) in [5, 5.41) is 2.82. The van der Waals surface area contributed by atoms with Gasteiger partial charge in [0, 0.05) is 6.54 Å². The molecule has 0 bridgehead atoms. The fourth-order valence-corrected chi connectivity index (χ4v) is 1.78. The second-order valence-electron chi connectivity index (χ2n) is 4.14. The molecule has 94 valence electrons. The van der Waals surface area contributed by atoms with E-state index in [4.69, 9.17) is 0 Å². The van der Waals surface area contributed by atoms with Crippen molar-refractivity contribution in [3.05, 3.63) is 34.6 Å². The van der Waals surface area contributed by atoms with Crippen molar-refractivity contribution in [3.8, 4) is 0 Å². The summed E-state index contributed by atoms with van der Waals surface area (Å²) in [6.07, 6.45) is 0.743. The maximum atomic E-state index is 13.4. The van der Waals surface area contributed by atoms with Gasteiger partial charge in [-0.2, -0.15) is 0 Å². The number of rotatable bonds is 4. The van der Waals surface area contributed by atoms with Crippen LogP contribution < -0.4 is 5.32 Å². The smallest absolute Gasteiger partial charge is 0.234 e. The van der Waals surface area contributed by atoms with Gasteiger partial charge in [-0.3, -0.25) is 4.79 Å². The van der Waals surface area contributed by atoms with Gasteiger partial charge in [-0.25, -0.2) is 4.39 Å². The molecule has 0 saturated heterocycles. The SMILES string of the molecule is CCC(Br)C(=O)NCc1cc(C)c(F)c(C)c1. The lowest BCUT2D eigenvalue weighted by Crippen LogP contribution is -2.30. The Kier molecular flexibility index (Phi) is 5.12. The Bertz CT molecular complexity index is 397. The van der Waals surface area contributed by atoms with E-state index in [1.807, 2.05) is 6.92 Å². The Balaban J connectivity index is 2.67. The first-order chi connectivity index (χ1) is 7.95. The predicted molar refractivity (Wildman–Crippen MR) is 70.7 cm³/mol. The van der Waals surface area contributed by atoms with E-state index in [9.17, 15) is 9.18 Å². The number of alkyl halides is 1. The fraction of sp³-hybridized carbons (Fsp3) is 0.462. The monoisotopic (exact) mass is 301 g/mol. The number of hydrogen-bond acceptors (Lipinski definition) is 1. The number of nitrogens with one attached hydrogen (secondary N) is 1. The van der Waals surface area contributed by atoms with Crippen LogP contribution in [0, 0.1) is 19.7 Å². The van der Waals surface area contributed by atoms with E-state index in [-0.39, 0.29) is 16.6 Å². The highest BCUT2D eigenvalue weighted by atomic mass is 79.9. The molecular formula is C13H17BrFNO. The highest BCUT2D eigenvalue weighted by Gasteiger charge is 2.12. The number of hydrogen-bond donors (Lipinski definition) is 1. The molecule has 17 heavy (non-hydrogen) atoms. The third-order valence-electron chi connectivity index (χ3n) is 2.61. The number of aryl methyl sites for hydroxylation is 2. The van der Waals surface area contributed by atoms with Gasteiger partial charge < -0.3 is 5.32 Å². The summed E-state index contributed by atoms with van der Waals surface area (Å²) in [6, 6.07) is 3.52. The number of carbonyl (C=O) groups excluding carboxylic acids is 1. The van der Waals surface area contributed by atoms with Crippen molar-refractivity contribution >= 4 is 21.8 Å². The van der Waals surface area contributed by atoms with Crippen LogP contribution in [0.4, 0.5) is 4.39 Å². The van der Waals surface area contributed by atoms with Crippen molar-refractivity contribution in [3.63, 3.8) is 0 Å². The molecule has 1 unspecified atom stereocenters. The Hall–Kier alpha value is -0.900. The van der Waals surface area contributed by atoms with Crippen LogP contribution in [0.2, 0.25) is 0 Å². The maximum Gasteiger partial charge on any atom is 0.234 e. The summed E-state index contributed by atoms with van der Waals surface area (Å²) < 4.78 is 13.4. The van der Waals surface area contributed by atoms with E-state index in [1.165, 1.54) is 0 Å². The maximum absolute atomic E-state index is 13.4. The summed E-state index contributed by atoms with van der Waals surface area (Å²) in [7, 11) is 0. The fourth-order valence-electron chi connectivity index (χ4n) is 1.62. The van der Waals surface area contributed by atoms with Crippen LogP contribution in [-0.4, -0.2) is 10.7 Å². The number of halogens is 2. The van der Waals surface area contributed by atoms with Crippen LogP contribution in [0.15, 0.2) is 12.1 Å². The topological polar surface area (TPSA) is 29.1 Å². The first-order valence-electron chi connectivity index (χ1n) is 5.63. The molecule has 1 aromatic rings. The number of benzene rings is 1. The first kappa shape index (κ1) is 14.2. The van der Waals surface area contributed by atoms with Gasteiger partial charge in [0.2, 0.25) is 5.91 Å². The van der Waals surface area contributed by atoms with Crippen LogP contribution in [0.3, 0.4) is 0 Å². The number of carbonyl (C=O) groups is 1. The molecule has 1 atom stereocenters. The Morgan fingerprint density at radius 2 is 1.94 bits per heavy atom. The van der Waals surface area contributed by atoms with Crippen molar-refractivity contribution in [1.82, 2.24) is 5.32 Å². The van der Waals surface area contributed by atoms with Gasteiger partial charge in [-0.15, -0.1) is 0 Å². The van der Waals surface area contributed by atoms with E-state index in [2.05, 4.69) is 21.2 Å². The molecule has 0 heterocycles. The molecule has 0 saturated carbocycles. The van der Waals surface area contributed by atoms with Crippen LogP contribution in [-0.2, 0) is 11.3 Å². The average molecular weight is 302 g/mol. The summed E-state index contributed by atoms with van der Waals surface area (Å²) in [5.74, 6) is -0.209. The summed E-state index contributed by atoms with van der Waals surface area (Å²) in [6.45, 7) is 5.83. The van der Waals surface area contributed by atoms with Crippen LogP contribution in [0.5, 0.6) is 0 Å². The average Bonchev–Trinajstić information content (AvgIpc) is 2.31. The van der Waals surface area contributed by atoms with Crippen molar-refractivity contribution in [2.75, 3.05) is 0 Å². The normalized spacial score (nSPS) is 12.3. The van der Waals surface area contributed by atoms with Crippen LogP contribution >= 0.6 is 15.9 Å². The third kappa shape index (κ3) is 3.80. The lowest BCUT2D eigenvalue weighted by Gasteiger charge is -2.10. The molecule has 1 rings (SSSR count). The molecule has 4 heteroatoms. The summed E-state index contributed by atoms with van der Waals surface area (Å²) >= 11 is 3.28. The highest BCUT2D eigenvalue weighted by molar-refractivity contribution is 9.10. The molecule has 0 radical (unpaired) electrons. The first-order valence-corrected chi connectivity index (χ1v) is 6.54. The van der Waals surface area contributed by atoms with E-state index >= 15 is 0 Å². The number of amides is 1. The molecule has 1 N–H and O–H groups in total. The van der Waals surface area contributed by atoms with Gasteiger partial charge in [0.1, 0.15) is 5.82 Å². The predicted octanol–water partition coefficient (Wildman–Crippen LogP) is 3.23. The van der Waals surface area contributed by atoms with Gasteiger partial charge in [0.25, 0.3) is 0 Å². The van der Waals surface area contributed by atoms with Gasteiger partial charge in [0.15, 0.2) is 0 Å². The standard InChI is InChI=1S/C13H17BrFNO/c1-4-11(14)13(17)16-7-10-5-8(2)12(15)9(3)6-10/h5-6,11H,4,7H2,1-3H3,(H,16,17). The van der Waals surface area contributed by atoms with Gasteiger partial charge >= 0.3 is 0 Å².